The normalized spacial score (nSPS) is 15.0. The maximum atomic E-state index is 13.2. The van der Waals surface area contributed by atoms with Gasteiger partial charge in [0.05, 0.1) is 23.4 Å². The first kappa shape index (κ1) is 29.9. The van der Waals surface area contributed by atoms with E-state index in [4.69, 9.17) is 21.1 Å². The average Bonchev–Trinajstić information content (AvgIpc) is 2.94. The van der Waals surface area contributed by atoms with E-state index in [1.807, 2.05) is 82.3 Å². The van der Waals surface area contributed by atoms with Crippen molar-refractivity contribution in [3.63, 3.8) is 0 Å². The second-order valence-corrected chi connectivity index (χ2v) is 10.7. The minimum Gasteiger partial charge on any atom is -0.459 e. The Morgan fingerprint density at radius 2 is 1.66 bits per heavy atom. The van der Waals surface area contributed by atoms with Crippen LogP contribution in [0.15, 0.2) is 95.1 Å². The number of benzene rings is 3. The summed E-state index contributed by atoms with van der Waals surface area (Å²) in [6.07, 6.45) is 0.398. The molecule has 1 aliphatic rings. The Bertz CT molecular complexity index is 1430. The number of carbonyl (C=O) groups excluding carboxylic acids is 2. The summed E-state index contributed by atoms with van der Waals surface area (Å²) in [5, 5.41) is 0.586. The minimum atomic E-state index is -0.407. The molecule has 1 aliphatic heterocycles. The summed E-state index contributed by atoms with van der Waals surface area (Å²) in [6.45, 7) is 8.50. The molecule has 214 valence electrons. The van der Waals surface area contributed by atoms with Crippen LogP contribution < -0.4 is 4.74 Å². The second kappa shape index (κ2) is 13.5. The van der Waals surface area contributed by atoms with Crippen molar-refractivity contribution in [1.82, 2.24) is 9.80 Å². The zero-order valence-electron chi connectivity index (χ0n) is 24.1. The molecule has 0 spiro atoms. The van der Waals surface area contributed by atoms with Gasteiger partial charge in [-0.25, -0.2) is 9.79 Å². The summed E-state index contributed by atoms with van der Waals surface area (Å²) >= 11 is 6.35. The highest BCUT2D eigenvalue weighted by Gasteiger charge is 2.35. The molecule has 1 heterocycles. The van der Waals surface area contributed by atoms with Crippen molar-refractivity contribution in [2.45, 2.75) is 46.3 Å². The number of amidine groups is 1. The van der Waals surface area contributed by atoms with Crippen molar-refractivity contribution in [2.75, 3.05) is 20.1 Å². The Labute approximate surface area is 247 Å². The molecule has 1 atom stereocenters. The molecule has 1 amide bonds. The smallest absolute Gasteiger partial charge is 0.338 e. The van der Waals surface area contributed by atoms with Crippen molar-refractivity contribution in [1.29, 1.82) is 0 Å². The molecule has 0 bridgehead atoms. The molecular weight excluding hydrogens is 538 g/mol. The highest BCUT2D eigenvalue weighted by atomic mass is 35.5. The molecule has 7 nitrogen and oxygen atoms in total. The van der Waals surface area contributed by atoms with E-state index >= 15 is 0 Å². The SMILES string of the molecule is CC1=NC(C)=C(C(=O)OC(C)C)C(c2cccc(Cl)c2)N1CCCN(C)C(=O)c1ccc(Oc2ccccc2)cc1. The molecule has 4 rings (SSSR count). The topological polar surface area (TPSA) is 71.4 Å². The van der Waals surface area contributed by atoms with Crippen molar-refractivity contribution in [3.05, 3.63) is 106 Å². The quantitative estimate of drug-likeness (QED) is 0.238. The van der Waals surface area contributed by atoms with Crippen LogP contribution in [0.2, 0.25) is 5.02 Å². The van der Waals surface area contributed by atoms with Crippen LogP contribution in [0.3, 0.4) is 0 Å². The number of amides is 1. The fourth-order valence-corrected chi connectivity index (χ4v) is 5.05. The lowest BCUT2D eigenvalue weighted by Gasteiger charge is -2.38. The number of allylic oxidation sites excluding steroid dienone is 1. The standard InChI is InChI=1S/C33H36ClN3O4/c1-22(2)40-33(39)30-23(3)35-24(4)37(31(30)26-11-9-12-27(34)21-26)20-10-19-36(5)32(38)25-15-17-29(18-16-25)41-28-13-7-6-8-14-28/h6-9,11-18,21-22,31H,10,19-20H2,1-5H3. The Morgan fingerprint density at radius 1 is 0.976 bits per heavy atom. The number of esters is 1. The van der Waals surface area contributed by atoms with E-state index in [-0.39, 0.29) is 12.0 Å². The van der Waals surface area contributed by atoms with Crippen molar-refractivity contribution < 1.29 is 19.1 Å². The van der Waals surface area contributed by atoms with Crippen LogP contribution in [-0.2, 0) is 9.53 Å². The van der Waals surface area contributed by atoms with Gasteiger partial charge >= 0.3 is 5.97 Å². The van der Waals surface area contributed by atoms with Crippen molar-refractivity contribution >= 4 is 29.3 Å². The first-order valence-electron chi connectivity index (χ1n) is 13.7. The number of rotatable bonds is 10. The Kier molecular flexibility index (Phi) is 9.84. The molecule has 1 unspecified atom stereocenters. The average molecular weight is 574 g/mol. The third-order valence-electron chi connectivity index (χ3n) is 6.77. The molecular formula is C33H36ClN3O4. The summed E-state index contributed by atoms with van der Waals surface area (Å²) in [4.78, 5) is 34.8. The largest absolute Gasteiger partial charge is 0.459 e. The van der Waals surface area contributed by atoms with Crippen LogP contribution in [0.4, 0.5) is 0 Å². The van der Waals surface area contributed by atoms with Crippen LogP contribution in [-0.4, -0.2) is 53.8 Å². The Hall–Kier alpha value is -4.10. The summed E-state index contributed by atoms with van der Waals surface area (Å²) in [5.74, 6) is 1.72. The third-order valence-corrected chi connectivity index (χ3v) is 7.00. The summed E-state index contributed by atoms with van der Waals surface area (Å²) < 4.78 is 11.4. The zero-order chi connectivity index (χ0) is 29.5. The van der Waals surface area contributed by atoms with E-state index in [0.717, 1.165) is 17.1 Å². The lowest BCUT2D eigenvalue weighted by Crippen LogP contribution is -2.41. The molecule has 0 saturated heterocycles. The van der Waals surface area contributed by atoms with E-state index in [1.165, 1.54) is 0 Å². The molecule has 0 radical (unpaired) electrons. The highest BCUT2D eigenvalue weighted by molar-refractivity contribution is 6.30. The fraction of sp³-hybridized carbons (Fsp3) is 0.303. The number of ether oxygens (including phenoxy) is 2. The minimum absolute atomic E-state index is 0.0800. The van der Waals surface area contributed by atoms with Crippen LogP contribution in [0.5, 0.6) is 11.5 Å². The van der Waals surface area contributed by atoms with E-state index in [2.05, 4.69) is 9.89 Å². The molecule has 3 aromatic carbocycles. The predicted molar refractivity (Wildman–Crippen MR) is 162 cm³/mol. The number of para-hydroxylation sites is 1. The molecule has 41 heavy (non-hydrogen) atoms. The Balaban J connectivity index is 1.45. The van der Waals surface area contributed by atoms with Crippen LogP contribution in [0, 0.1) is 0 Å². The molecule has 0 saturated carbocycles. The van der Waals surface area contributed by atoms with Gasteiger partial charge in [-0.15, -0.1) is 0 Å². The van der Waals surface area contributed by atoms with Crippen LogP contribution in [0.25, 0.3) is 0 Å². The monoisotopic (exact) mass is 573 g/mol. The van der Waals surface area contributed by atoms with Crippen molar-refractivity contribution in [2.24, 2.45) is 4.99 Å². The van der Waals surface area contributed by atoms with Gasteiger partial charge in [0.1, 0.15) is 17.3 Å². The fourth-order valence-electron chi connectivity index (χ4n) is 4.85. The number of hydrogen-bond donors (Lipinski definition) is 0. The highest BCUT2D eigenvalue weighted by Crippen LogP contribution is 2.37. The lowest BCUT2D eigenvalue weighted by atomic mass is 9.93. The number of hydrogen-bond acceptors (Lipinski definition) is 6. The lowest BCUT2D eigenvalue weighted by molar-refractivity contribution is -0.143. The van der Waals surface area contributed by atoms with Gasteiger partial charge in [0.25, 0.3) is 5.91 Å². The first-order valence-corrected chi connectivity index (χ1v) is 14.1. The van der Waals surface area contributed by atoms with E-state index < -0.39 is 12.0 Å². The zero-order valence-corrected chi connectivity index (χ0v) is 24.9. The molecule has 0 N–H and O–H groups in total. The summed E-state index contributed by atoms with van der Waals surface area (Å²) in [5.41, 5.74) is 2.58. The maximum absolute atomic E-state index is 13.2. The van der Waals surface area contributed by atoms with E-state index in [9.17, 15) is 9.59 Å². The number of aliphatic imine (C=N–C) groups is 1. The molecule has 3 aromatic rings. The van der Waals surface area contributed by atoms with Gasteiger partial charge in [-0.1, -0.05) is 41.9 Å². The van der Waals surface area contributed by atoms with Gasteiger partial charge in [-0.2, -0.15) is 0 Å². The van der Waals surface area contributed by atoms with Gasteiger partial charge in [0.2, 0.25) is 0 Å². The summed E-state index contributed by atoms with van der Waals surface area (Å²) in [6, 6.07) is 23.7. The Morgan fingerprint density at radius 3 is 2.32 bits per heavy atom. The maximum Gasteiger partial charge on any atom is 0.338 e. The molecule has 0 aliphatic carbocycles. The molecule has 0 aromatic heterocycles. The number of nitrogens with zero attached hydrogens (tertiary/aromatic N) is 3. The van der Waals surface area contributed by atoms with E-state index in [0.29, 0.717) is 47.1 Å². The molecule has 8 heteroatoms. The number of carbonyl (C=O) groups is 2. The van der Waals surface area contributed by atoms with E-state index in [1.54, 1.807) is 36.2 Å². The van der Waals surface area contributed by atoms with Gasteiger partial charge in [-0.3, -0.25) is 4.79 Å². The summed E-state index contributed by atoms with van der Waals surface area (Å²) in [7, 11) is 1.79. The van der Waals surface area contributed by atoms with Crippen LogP contribution >= 0.6 is 11.6 Å². The van der Waals surface area contributed by atoms with Gasteiger partial charge in [-0.05, 0) is 88.2 Å². The predicted octanol–water partition coefficient (Wildman–Crippen LogP) is 7.30. The van der Waals surface area contributed by atoms with Crippen LogP contribution in [0.1, 0.15) is 56.1 Å². The molecule has 0 fully saturated rings. The van der Waals surface area contributed by atoms with Gasteiger partial charge in [0.15, 0.2) is 0 Å². The second-order valence-electron chi connectivity index (χ2n) is 10.3. The van der Waals surface area contributed by atoms with Crippen molar-refractivity contribution in [3.8, 4) is 11.5 Å². The van der Waals surface area contributed by atoms with Gasteiger partial charge < -0.3 is 19.3 Å². The number of halogens is 1. The van der Waals surface area contributed by atoms with Gasteiger partial charge in [0, 0.05) is 30.7 Å². The third kappa shape index (κ3) is 7.55. The first-order chi connectivity index (χ1) is 19.6.